The van der Waals surface area contributed by atoms with E-state index >= 15 is 0 Å². The number of hydrogen-bond acceptors (Lipinski definition) is 7. The van der Waals surface area contributed by atoms with Crippen LogP contribution in [0.15, 0.2) is 110 Å². The van der Waals surface area contributed by atoms with Crippen molar-refractivity contribution in [3.8, 4) is 0 Å². The first-order valence-corrected chi connectivity index (χ1v) is 20.6. The molecule has 0 aliphatic heterocycles. The van der Waals surface area contributed by atoms with E-state index in [1.54, 1.807) is 30.9 Å². The summed E-state index contributed by atoms with van der Waals surface area (Å²) in [6.45, 7) is 21.7. The molecule has 2 aromatic carbocycles. The van der Waals surface area contributed by atoms with Gasteiger partial charge in [0.15, 0.2) is 0 Å². The molecule has 4 rings (SSSR count). The number of hydrogen-bond donors (Lipinski definition) is 2. The predicted octanol–water partition coefficient (Wildman–Crippen LogP) is 9.19. The number of ether oxygens (including phenoxy) is 1. The number of pyridine rings is 2. The highest BCUT2D eigenvalue weighted by molar-refractivity contribution is 5.87. The van der Waals surface area contributed by atoms with Crippen molar-refractivity contribution in [2.75, 3.05) is 6.54 Å². The summed E-state index contributed by atoms with van der Waals surface area (Å²) in [4.78, 5) is 63.8. The molecule has 3 amide bonds. The third-order valence-corrected chi connectivity index (χ3v) is 9.87. The normalized spacial score (nSPS) is 13.5. The van der Waals surface area contributed by atoms with Gasteiger partial charge in [-0.2, -0.15) is 0 Å². The lowest BCUT2D eigenvalue weighted by atomic mass is 9.78. The zero-order valence-electron chi connectivity index (χ0n) is 36.7. The van der Waals surface area contributed by atoms with Crippen LogP contribution in [0.2, 0.25) is 0 Å². The summed E-state index contributed by atoms with van der Waals surface area (Å²) in [5.74, 6) is -2.86. The minimum Gasteiger partial charge on any atom is -0.481 e. The van der Waals surface area contributed by atoms with Crippen LogP contribution in [-0.4, -0.2) is 85.1 Å². The molecule has 0 saturated carbocycles. The number of nitrogens with one attached hydrogen (secondary N) is 1. The molecule has 4 unspecified atom stereocenters. The summed E-state index contributed by atoms with van der Waals surface area (Å²) >= 11 is 0. The standard InChI is InChI=1S/C26H37N3O3.C22H28N2O3/c1-18(2)29(19(3)4)24(30)23(21-14-11-15-27-16-21)22(20-12-9-8-10-13-20)17-28-25(31)32-26(5,6)7;1-15(2)24(16(3)4)22(27)21(18-11-8-12-23-14-18)19(13-20(25)26)17-9-6-5-7-10-17/h8-16,18-19,22-23H,17H2,1-7H3,(H,28,31);5-12,14-16,19,21H,13H2,1-4H3,(H,25,26). The van der Waals surface area contributed by atoms with Crippen molar-refractivity contribution < 1.29 is 29.0 Å². The average molecular weight is 808 g/mol. The van der Waals surface area contributed by atoms with Crippen molar-refractivity contribution >= 4 is 23.9 Å². The molecule has 2 aromatic heterocycles. The van der Waals surface area contributed by atoms with Gasteiger partial charge in [0.1, 0.15) is 5.60 Å². The van der Waals surface area contributed by atoms with Gasteiger partial charge >= 0.3 is 12.1 Å². The van der Waals surface area contributed by atoms with Crippen LogP contribution in [0.5, 0.6) is 0 Å². The molecule has 4 atom stereocenters. The van der Waals surface area contributed by atoms with Gasteiger partial charge in [0.2, 0.25) is 11.8 Å². The molecule has 0 bridgehead atoms. The maximum absolute atomic E-state index is 14.0. The van der Waals surface area contributed by atoms with Crippen LogP contribution in [0, 0.1) is 0 Å². The van der Waals surface area contributed by atoms with E-state index in [0.29, 0.717) is 0 Å². The molecule has 0 fully saturated rings. The van der Waals surface area contributed by atoms with Crippen molar-refractivity contribution in [2.24, 2.45) is 0 Å². The molecular weight excluding hydrogens is 743 g/mol. The summed E-state index contributed by atoms with van der Waals surface area (Å²) in [6.07, 6.45) is 6.14. The highest BCUT2D eigenvalue weighted by Gasteiger charge is 2.38. The molecule has 0 spiro atoms. The zero-order valence-corrected chi connectivity index (χ0v) is 36.7. The lowest BCUT2D eigenvalue weighted by Gasteiger charge is -2.37. The monoisotopic (exact) mass is 807 g/mol. The number of aliphatic carboxylic acids is 1. The number of carboxylic acids is 1. The molecular formula is C48H65N5O6. The Labute approximate surface area is 351 Å². The highest BCUT2D eigenvalue weighted by Crippen LogP contribution is 2.38. The maximum Gasteiger partial charge on any atom is 0.407 e. The topological polar surface area (TPSA) is 142 Å². The Hall–Kier alpha value is -5.58. The third-order valence-electron chi connectivity index (χ3n) is 9.87. The van der Waals surface area contributed by atoms with Crippen molar-refractivity contribution in [1.82, 2.24) is 25.1 Å². The summed E-state index contributed by atoms with van der Waals surface area (Å²) in [7, 11) is 0. The van der Waals surface area contributed by atoms with Gasteiger partial charge in [0.25, 0.3) is 0 Å². The molecule has 11 nitrogen and oxygen atoms in total. The van der Waals surface area contributed by atoms with Gasteiger partial charge in [-0.1, -0.05) is 72.8 Å². The number of alkyl carbamates (subject to hydrolysis) is 1. The number of aromatic nitrogens is 2. The molecule has 11 heteroatoms. The number of amides is 3. The minimum atomic E-state index is -0.925. The van der Waals surface area contributed by atoms with Gasteiger partial charge in [0, 0.05) is 67.3 Å². The summed E-state index contributed by atoms with van der Waals surface area (Å²) in [5, 5.41) is 12.4. The molecule has 4 aromatic rings. The first-order valence-electron chi connectivity index (χ1n) is 20.6. The SMILES string of the molecule is CC(C)N(C(=O)C(c1cccnc1)C(CC(=O)O)c1ccccc1)C(C)C.CC(C)N(C(=O)C(c1cccnc1)C(CNC(=O)OC(C)(C)C)c1ccccc1)C(C)C. The van der Waals surface area contributed by atoms with E-state index in [1.165, 1.54) is 0 Å². The Bertz CT molecular complexity index is 1870. The summed E-state index contributed by atoms with van der Waals surface area (Å²) in [5.41, 5.74) is 2.78. The highest BCUT2D eigenvalue weighted by atomic mass is 16.6. The molecule has 0 aliphatic carbocycles. The van der Waals surface area contributed by atoms with Gasteiger partial charge in [-0.05, 0) is 111 Å². The fourth-order valence-electron chi connectivity index (χ4n) is 7.70. The number of benzene rings is 2. The number of carboxylic acid groups (broad SMARTS) is 1. The van der Waals surface area contributed by atoms with E-state index in [9.17, 15) is 24.3 Å². The van der Waals surface area contributed by atoms with Gasteiger partial charge in [0.05, 0.1) is 18.3 Å². The van der Waals surface area contributed by atoms with Gasteiger partial charge < -0.3 is 25.0 Å². The Kier molecular flexibility index (Phi) is 18.3. The molecule has 0 saturated heterocycles. The largest absolute Gasteiger partial charge is 0.481 e. The van der Waals surface area contributed by atoms with Gasteiger partial charge in [-0.3, -0.25) is 24.4 Å². The average Bonchev–Trinajstić information content (AvgIpc) is 3.16. The molecule has 0 aliphatic rings. The summed E-state index contributed by atoms with van der Waals surface area (Å²) < 4.78 is 5.44. The quantitative estimate of drug-likeness (QED) is 0.114. The second-order valence-electron chi connectivity index (χ2n) is 16.9. The molecule has 0 radical (unpaired) electrons. The van der Waals surface area contributed by atoms with Crippen molar-refractivity contribution in [1.29, 1.82) is 0 Å². The van der Waals surface area contributed by atoms with Crippen molar-refractivity contribution in [3.05, 3.63) is 132 Å². The number of nitrogens with zero attached hydrogens (tertiary/aromatic N) is 4. The lowest BCUT2D eigenvalue weighted by Crippen LogP contribution is -2.47. The zero-order chi connectivity index (χ0) is 43.9. The van der Waals surface area contributed by atoms with Crippen LogP contribution in [0.3, 0.4) is 0 Å². The second-order valence-corrected chi connectivity index (χ2v) is 16.9. The van der Waals surface area contributed by atoms with E-state index in [2.05, 4.69) is 15.3 Å². The van der Waals surface area contributed by atoms with Crippen LogP contribution in [0.4, 0.5) is 4.79 Å². The lowest BCUT2D eigenvalue weighted by molar-refractivity contribution is -0.140. The van der Waals surface area contributed by atoms with Gasteiger partial charge in [-0.25, -0.2) is 4.79 Å². The molecule has 2 heterocycles. The van der Waals surface area contributed by atoms with Crippen LogP contribution < -0.4 is 5.32 Å². The Balaban J connectivity index is 0.000000320. The van der Waals surface area contributed by atoms with E-state index < -0.39 is 35.4 Å². The van der Waals surface area contributed by atoms with Crippen molar-refractivity contribution in [2.45, 2.75) is 136 Å². The third kappa shape index (κ3) is 14.3. The van der Waals surface area contributed by atoms with E-state index in [0.717, 1.165) is 22.3 Å². The first-order chi connectivity index (χ1) is 27.8. The summed E-state index contributed by atoms with van der Waals surface area (Å²) in [6, 6.07) is 26.7. The number of rotatable bonds is 16. The van der Waals surface area contributed by atoms with E-state index in [-0.39, 0.29) is 54.9 Å². The second kappa shape index (κ2) is 22.5. The van der Waals surface area contributed by atoms with Crippen LogP contribution in [0.1, 0.15) is 129 Å². The Morgan fingerprint density at radius 1 is 0.593 bits per heavy atom. The van der Waals surface area contributed by atoms with Gasteiger partial charge in [-0.15, -0.1) is 0 Å². The fraction of sp³-hybridized carbons (Fsp3) is 0.458. The molecule has 59 heavy (non-hydrogen) atoms. The molecule has 2 N–H and O–H groups in total. The number of carbonyl (C=O) groups excluding carboxylic acids is 3. The van der Waals surface area contributed by atoms with Crippen LogP contribution in [-0.2, 0) is 19.1 Å². The Morgan fingerprint density at radius 3 is 1.31 bits per heavy atom. The first kappa shape index (κ1) is 47.8. The van der Waals surface area contributed by atoms with Crippen LogP contribution >= 0.6 is 0 Å². The van der Waals surface area contributed by atoms with E-state index in [4.69, 9.17) is 4.74 Å². The fourth-order valence-corrected chi connectivity index (χ4v) is 7.70. The Morgan fingerprint density at radius 2 is 0.966 bits per heavy atom. The smallest absolute Gasteiger partial charge is 0.407 e. The molecule has 318 valence electrons. The van der Waals surface area contributed by atoms with Crippen LogP contribution in [0.25, 0.3) is 0 Å². The maximum atomic E-state index is 14.0. The number of carbonyl (C=O) groups is 4. The van der Waals surface area contributed by atoms with E-state index in [1.807, 2.05) is 165 Å². The predicted molar refractivity (Wildman–Crippen MR) is 233 cm³/mol. The minimum absolute atomic E-state index is 0.0120. The van der Waals surface area contributed by atoms with Crippen molar-refractivity contribution in [3.63, 3.8) is 0 Å².